The fourth-order valence-corrected chi connectivity index (χ4v) is 5.22. The highest BCUT2D eigenvalue weighted by molar-refractivity contribution is 5.96. The molecule has 0 radical (unpaired) electrons. The summed E-state index contributed by atoms with van der Waals surface area (Å²) in [6, 6.07) is 12.6. The second-order valence-corrected chi connectivity index (χ2v) is 13.0. The fourth-order valence-electron chi connectivity index (χ4n) is 5.22. The van der Waals surface area contributed by atoms with E-state index in [0.29, 0.717) is 12.1 Å². The van der Waals surface area contributed by atoms with Crippen LogP contribution in [0.25, 0.3) is 0 Å². The number of likely N-dealkylation sites (tertiary alicyclic amines) is 1. The largest absolute Gasteiger partial charge is 0.458 e. The summed E-state index contributed by atoms with van der Waals surface area (Å²) >= 11 is 0. The lowest BCUT2D eigenvalue weighted by atomic mass is 9.87. The molecule has 0 aliphatic carbocycles. The summed E-state index contributed by atoms with van der Waals surface area (Å²) in [7, 11) is 0. The van der Waals surface area contributed by atoms with E-state index in [1.807, 2.05) is 43.9 Å². The van der Waals surface area contributed by atoms with E-state index in [1.165, 1.54) is 5.56 Å². The molecule has 230 valence electrons. The highest BCUT2D eigenvalue weighted by Crippen LogP contribution is 2.30. The molecule has 1 aromatic heterocycles. The first-order chi connectivity index (χ1) is 19.6. The Bertz CT molecular complexity index is 1200. The van der Waals surface area contributed by atoms with E-state index < -0.39 is 35.2 Å². The highest BCUT2D eigenvalue weighted by Gasteiger charge is 2.35. The normalized spacial score (nSPS) is 18.0. The van der Waals surface area contributed by atoms with Crippen LogP contribution in [0.1, 0.15) is 96.5 Å². The van der Waals surface area contributed by atoms with E-state index in [2.05, 4.69) is 24.4 Å². The average molecular weight is 583 g/mol. The minimum absolute atomic E-state index is 0.0536. The zero-order chi connectivity index (χ0) is 31.1. The number of hydrogen-bond acceptors (Lipinski definition) is 6. The summed E-state index contributed by atoms with van der Waals surface area (Å²) in [5.41, 5.74) is 0.241. The summed E-state index contributed by atoms with van der Waals surface area (Å²) in [6.45, 7) is 15.4. The van der Waals surface area contributed by atoms with Crippen molar-refractivity contribution < 1.29 is 33.2 Å². The smallest absolute Gasteiger partial charge is 0.414 e. The van der Waals surface area contributed by atoms with Crippen molar-refractivity contribution in [2.75, 3.05) is 6.54 Å². The molecule has 1 N–H and O–H groups in total. The van der Waals surface area contributed by atoms with Gasteiger partial charge in [-0.05, 0) is 79.4 Å². The van der Waals surface area contributed by atoms with Gasteiger partial charge in [-0.2, -0.15) is 4.57 Å². The maximum atomic E-state index is 13.3. The number of nitrogens with one attached hydrogen (secondary N) is 1. The fraction of sp³-hybridized carbons (Fsp3) is 0.576. The van der Waals surface area contributed by atoms with Gasteiger partial charge in [0.15, 0.2) is 18.4 Å². The van der Waals surface area contributed by atoms with Crippen molar-refractivity contribution in [2.24, 2.45) is 0 Å². The quantitative estimate of drug-likeness (QED) is 0.315. The first-order valence-electron chi connectivity index (χ1n) is 14.8. The molecule has 1 aliphatic rings. The molecule has 1 aromatic carbocycles. The van der Waals surface area contributed by atoms with Crippen molar-refractivity contribution in [3.05, 3.63) is 66.0 Å². The number of piperidine rings is 1. The van der Waals surface area contributed by atoms with Gasteiger partial charge in [-0.1, -0.05) is 37.3 Å². The molecular formula is C33H48N3O6+. The summed E-state index contributed by atoms with van der Waals surface area (Å²) in [4.78, 5) is 41.3. The zero-order valence-corrected chi connectivity index (χ0v) is 26.4. The van der Waals surface area contributed by atoms with Gasteiger partial charge in [0.2, 0.25) is 0 Å². The SMILES string of the molecule is C[C@H](c1ccccc1)[C@H]1CCCCN1C(=O)OC[n+]1cccc(C(=O)N[C@H](C(=O)OC(C)(C)C)[C@@H](C)OC(C)(C)C)c1. The maximum absolute atomic E-state index is 13.3. The Morgan fingerprint density at radius 1 is 0.976 bits per heavy atom. The number of carbonyl (C=O) groups is 3. The number of carbonyl (C=O) groups excluding carboxylic acids is 3. The molecule has 2 heterocycles. The van der Waals surface area contributed by atoms with Gasteiger partial charge in [-0.25, -0.2) is 9.59 Å². The minimum atomic E-state index is -1.02. The molecular weight excluding hydrogens is 534 g/mol. The van der Waals surface area contributed by atoms with E-state index in [1.54, 1.807) is 56.8 Å². The third-order valence-corrected chi connectivity index (χ3v) is 7.10. The van der Waals surface area contributed by atoms with Crippen LogP contribution in [0, 0.1) is 0 Å². The first-order valence-corrected chi connectivity index (χ1v) is 14.8. The van der Waals surface area contributed by atoms with Crippen LogP contribution in [-0.4, -0.2) is 58.8 Å². The molecule has 0 bridgehead atoms. The molecule has 1 saturated heterocycles. The number of benzene rings is 1. The molecule has 2 aromatic rings. The standard InChI is InChI=1S/C33H47N3O6/c1-23(25-15-10-9-11-16-25)27-18-12-13-20-36(27)31(39)40-22-35-19-14-17-26(21-35)29(37)34-28(24(2)41-32(3,4)5)30(38)42-33(6,7)8/h9-11,14-17,19,21,23-24,27-28H,12-13,18,20,22H2,1-8H3/p+1/t23-,24-,27-,28+/m1/s1. The molecule has 2 amide bonds. The number of aromatic nitrogens is 1. The third kappa shape index (κ3) is 9.82. The highest BCUT2D eigenvalue weighted by atomic mass is 16.6. The van der Waals surface area contributed by atoms with Crippen molar-refractivity contribution in [1.29, 1.82) is 0 Å². The number of esters is 1. The number of nitrogens with zero attached hydrogens (tertiary/aromatic N) is 2. The van der Waals surface area contributed by atoms with E-state index in [-0.39, 0.29) is 24.8 Å². The average Bonchev–Trinajstić information content (AvgIpc) is 2.92. The Kier molecular flexibility index (Phi) is 11.1. The lowest BCUT2D eigenvalue weighted by Crippen LogP contribution is -2.52. The van der Waals surface area contributed by atoms with Gasteiger partial charge in [0, 0.05) is 24.6 Å². The Morgan fingerprint density at radius 2 is 1.67 bits per heavy atom. The summed E-state index contributed by atoms with van der Waals surface area (Å²) in [6.07, 6.45) is 5.22. The van der Waals surface area contributed by atoms with Crippen LogP contribution in [0.4, 0.5) is 4.79 Å². The Labute approximate surface area is 250 Å². The van der Waals surface area contributed by atoms with E-state index in [9.17, 15) is 14.4 Å². The van der Waals surface area contributed by atoms with Crippen LogP contribution in [0.15, 0.2) is 54.9 Å². The van der Waals surface area contributed by atoms with Crippen LogP contribution in [0.5, 0.6) is 0 Å². The van der Waals surface area contributed by atoms with Gasteiger partial charge in [-0.15, -0.1) is 0 Å². The summed E-state index contributed by atoms with van der Waals surface area (Å²) in [5.74, 6) is -0.865. The lowest BCUT2D eigenvalue weighted by Gasteiger charge is -2.38. The predicted octanol–water partition coefficient (Wildman–Crippen LogP) is 5.37. The molecule has 1 aliphatic heterocycles. The second kappa shape index (κ2) is 14.1. The van der Waals surface area contributed by atoms with Crippen molar-refractivity contribution in [2.45, 2.75) is 117 Å². The molecule has 0 unspecified atom stereocenters. The van der Waals surface area contributed by atoms with Crippen molar-refractivity contribution >= 4 is 18.0 Å². The number of ether oxygens (including phenoxy) is 3. The Morgan fingerprint density at radius 3 is 2.31 bits per heavy atom. The van der Waals surface area contributed by atoms with Gasteiger partial charge in [0.1, 0.15) is 11.2 Å². The van der Waals surface area contributed by atoms with Crippen LogP contribution in [-0.2, 0) is 25.7 Å². The summed E-state index contributed by atoms with van der Waals surface area (Å²) in [5, 5.41) is 2.79. The van der Waals surface area contributed by atoms with E-state index in [0.717, 1.165) is 19.3 Å². The molecule has 0 spiro atoms. The van der Waals surface area contributed by atoms with Gasteiger partial charge in [-0.3, -0.25) is 4.79 Å². The molecule has 1 fully saturated rings. The maximum Gasteiger partial charge on any atom is 0.414 e. The van der Waals surface area contributed by atoms with Gasteiger partial charge in [0.25, 0.3) is 12.6 Å². The van der Waals surface area contributed by atoms with Crippen molar-refractivity contribution in [3.63, 3.8) is 0 Å². The molecule has 4 atom stereocenters. The monoisotopic (exact) mass is 582 g/mol. The topological polar surface area (TPSA) is 98.1 Å². The third-order valence-electron chi connectivity index (χ3n) is 7.10. The Balaban J connectivity index is 1.68. The van der Waals surface area contributed by atoms with Crippen LogP contribution < -0.4 is 9.88 Å². The second-order valence-electron chi connectivity index (χ2n) is 13.0. The molecule has 9 nitrogen and oxygen atoms in total. The first kappa shape index (κ1) is 33.0. The van der Waals surface area contributed by atoms with Crippen molar-refractivity contribution in [3.8, 4) is 0 Å². The van der Waals surface area contributed by atoms with E-state index >= 15 is 0 Å². The van der Waals surface area contributed by atoms with Crippen LogP contribution in [0.3, 0.4) is 0 Å². The molecule has 9 heteroatoms. The number of hydrogen-bond donors (Lipinski definition) is 1. The van der Waals surface area contributed by atoms with E-state index in [4.69, 9.17) is 14.2 Å². The summed E-state index contributed by atoms with van der Waals surface area (Å²) < 4.78 is 18.9. The molecule has 0 saturated carbocycles. The minimum Gasteiger partial charge on any atom is -0.458 e. The zero-order valence-electron chi connectivity index (χ0n) is 26.4. The van der Waals surface area contributed by atoms with Crippen molar-refractivity contribution in [1.82, 2.24) is 10.2 Å². The molecule has 3 rings (SSSR count). The van der Waals surface area contributed by atoms with Crippen LogP contribution >= 0.6 is 0 Å². The van der Waals surface area contributed by atoms with Gasteiger partial charge < -0.3 is 24.4 Å². The number of pyridine rings is 1. The van der Waals surface area contributed by atoms with Gasteiger partial charge >= 0.3 is 12.1 Å². The van der Waals surface area contributed by atoms with Gasteiger partial charge in [0.05, 0.1) is 11.7 Å². The Hall–Kier alpha value is -3.46. The number of rotatable bonds is 9. The number of amides is 2. The lowest BCUT2D eigenvalue weighted by molar-refractivity contribution is -0.727. The molecule has 42 heavy (non-hydrogen) atoms. The predicted molar refractivity (Wildman–Crippen MR) is 160 cm³/mol. The van der Waals surface area contributed by atoms with Crippen LogP contribution in [0.2, 0.25) is 0 Å².